The molecule has 0 unspecified atom stereocenters. The van der Waals surface area contributed by atoms with Crippen molar-refractivity contribution >= 4 is 27.7 Å². The lowest BCUT2D eigenvalue weighted by molar-refractivity contribution is 0.239. The largest absolute Gasteiger partial charge is 0.338 e. The van der Waals surface area contributed by atoms with E-state index < -0.39 is 10.8 Å². The topological polar surface area (TPSA) is 71.1 Å². The second-order valence-corrected chi connectivity index (χ2v) is 6.76. The molecule has 0 aliphatic rings. The quantitative estimate of drug-likeness (QED) is 0.853. The number of para-hydroxylation sites is 1. The Labute approximate surface area is 133 Å². The highest BCUT2D eigenvalue weighted by Crippen LogP contribution is 2.15. The zero-order valence-corrected chi connectivity index (χ0v) is 13.7. The average molecular weight is 319 g/mol. The summed E-state index contributed by atoms with van der Waals surface area (Å²) in [5.74, 6) is 0.459. The monoisotopic (exact) mass is 319 g/mol. The zero-order chi connectivity index (χ0) is 15.9. The van der Waals surface area contributed by atoms with Crippen molar-refractivity contribution in [2.75, 3.05) is 18.6 Å². The number of amides is 2. The van der Waals surface area contributed by atoms with Gasteiger partial charge in [0.25, 0.3) is 0 Å². The maximum atomic E-state index is 11.8. The first-order chi connectivity index (χ1) is 10.6. The number of aromatic nitrogens is 1. The number of hydrogen-bond acceptors (Lipinski definition) is 3. The zero-order valence-electron chi connectivity index (χ0n) is 12.8. The molecule has 5 nitrogen and oxygen atoms in total. The summed E-state index contributed by atoms with van der Waals surface area (Å²) in [5.41, 5.74) is 2.09. The molecule has 0 saturated carbocycles. The van der Waals surface area contributed by atoms with Crippen molar-refractivity contribution in [2.45, 2.75) is 19.4 Å². The molecule has 0 spiro atoms. The van der Waals surface area contributed by atoms with Crippen LogP contribution < -0.4 is 10.6 Å². The number of fused-ring (bicyclic) bond motifs is 1. The van der Waals surface area contributed by atoms with E-state index >= 15 is 0 Å². The smallest absolute Gasteiger partial charge is 0.315 e. The fourth-order valence-electron chi connectivity index (χ4n) is 2.35. The molecule has 2 amide bonds. The number of urea groups is 1. The molecule has 0 aliphatic carbocycles. The minimum Gasteiger partial charge on any atom is -0.338 e. The standard InChI is InChI=1S/C16H21N3O2S/c1-12(11-22(2)21)19-16(20)18-10-8-14-6-3-5-13-7-4-9-17-15(13)14/h3-7,9,12H,8,10-11H2,1-2H3,(H2,18,19,20)/t12-,22-/m0/s1. The van der Waals surface area contributed by atoms with Gasteiger partial charge in [0.2, 0.25) is 0 Å². The number of benzene rings is 1. The summed E-state index contributed by atoms with van der Waals surface area (Å²) in [6.45, 7) is 2.37. The number of pyridine rings is 1. The van der Waals surface area contributed by atoms with E-state index in [-0.39, 0.29) is 12.1 Å². The van der Waals surface area contributed by atoms with Gasteiger partial charge in [0.1, 0.15) is 0 Å². The Morgan fingerprint density at radius 2 is 2.09 bits per heavy atom. The summed E-state index contributed by atoms with van der Waals surface area (Å²) in [6, 6.07) is 9.65. The Morgan fingerprint density at radius 1 is 1.32 bits per heavy atom. The molecule has 0 bridgehead atoms. The lowest BCUT2D eigenvalue weighted by Gasteiger charge is -2.13. The molecule has 0 aliphatic heterocycles. The summed E-state index contributed by atoms with van der Waals surface area (Å²) >= 11 is 0. The molecule has 0 fully saturated rings. The van der Waals surface area contributed by atoms with Crippen molar-refractivity contribution in [1.82, 2.24) is 15.6 Å². The third-order valence-corrected chi connectivity index (χ3v) is 4.23. The van der Waals surface area contributed by atoms with Crippen LogP contribution in [0.1, 0.15) is 12.5 Å². The van der Waals surface area contributed by atoms with Crippen LogP contribution in [0.3, 0.4) is 0 Å². The van der Waals surface area contributed by atoms with Crippen LogP contribution in [0.4, 0.5) is 4.79 Å². The van der Waals surface area contributed by atoms with Crippen molar-refractivity contribution in [3.05, 3.63) is 42.1 Å². The molecular formula is C16H21N3O2S. The molecule has 2 rings (SSSR count). The first kappa shape index (κ1) is 16.4. The maximum Gasteiger partial charge on any atom is 0.315 e. The van der Waals surface area contributed by atoms with Crippen LogP contribution >= 0.6 is 0 Å². The summed E-state index contributed by atoms with van der Waals surface area (Å²) < 4.78 is 11.1. The number of hydrogen-bond donors (Lipinski definition) is 2. The lowest BCUT2D eigenvalue weighted by atomic mass is 10.1. The van der Waals surface area contributed by atoms with Crippen LogP contribution in [-0.2, 0) is 17.2 Å². The predicted molar refractivity (Wildman–Crippen MR) is 90.4 cm³/mol. The van der Waals surface area contributed by atoms with E-state index in [9.17, 15) is 9.00 Å². The minimum atomic E-state index is -0.914. The molecule has 22 heavy (non-hydrogen) atoms. The van der Waals surface area contributed by atoms with Gasteiger partial charge in [0, 0.05) is 47.0 Å². The van der Waals surface area contributed by atoms with Gasteiger partial charge in [-0.1, -0.05) is 24.3 Å². The molecule has 1 heterocycles. The van der Waals surface area contributed by atoms with Crippen molar-refractivity contribution in [1.29, 1.82) is 0 Å². The van der Waals surface area contributed by atoms with E-state index in [1.165, 1.54) is 0 Å². The molecular weight excluding hydrogens is 298 g/mol. The second kappa shape index (κ2) is 7.89. The van der Waals surface area contributed by atoms with Gasteiger partial charge in [-0.25, -0.2) is 4.79 Å². The van der Waals surface area contributed by atoms with Gasteiger partial charge in [-0.15, -0.1) is 0 Å². The Hall–Kier alpha value is -1.95. The van der Waals surface area contributed by atoms with Gasteiger partial charge in [0.15, 0.2) is 0 Å². The van der Waals surface area contributed by atoms with Crippen molar-refractivity contribution in [3.8, 4) is 0 Å². The second-order valence-electron chi connectivity index (χ2n) is 5.28. The van der Waals surface area contributed by atoms with Gasteiger partial charge in [-0.3, -0.25) is 9.19 Å². The predicted octanol–water partition coefficient (Wildman–Crippen LogP) is 1.84. The van der Waals surface area contributed by atoms with Gasteiger partial charge < -0.3 is 10.6 Å². The van der Waals surface area contributed by atoms with Crippen LogP contribution in [0.2, 0.25) is 0 Å². The molecule has 2 aromatic rings. The van der Waals surface area contributed by atoms with Gasteiger partial charge >= 0.3 is 6.03 Å². The number of carbonyl (C=O) groups is 1. The van der Waals surface area contributed by atoms with E-state index in [1.807, 2.05) is 37.3 Å². The number of nitrogens with one attached hydrogen (secondary N) is 2. The van der Waals surface area contributed by atoms with E-state index in [0.29, 0.717) is 12.3 Å². The summed E-state index contributed by atoms with van der Waals surface area (Å²) in [7, 11) is -0.914. The van der Waals surface area contributed by atoms with Crippen molar-refractivity contribution in [2.24, 2.45) is 0 Å². The number of carbonyl (C=O) groups excluding carboxylic acids is 1. The highest BCUT2D eigenvalue weighted by molar-refractivity contribution is 7.84. The highest BCUT2D eigenvalue weighted by Gasteiger charge is 2.08. The van der Waals surface area contributed by atoms with Gasteiger partial charge in [0.05, 0.1) is 5.52 Å². The van der Waals surface area contributed by atoms with Gasteiger partial charge in [-0.05, 0) is 25.0 Å². The normalized spacial score (nSPS) is 13.5. The number of rotatable bonds is 6. The Bertz CT molecular complexity index is 670. The Kier molecular flexibility index (Phi) is 5.89. The van der Waals surface area contributed by atoms with Crippen molar-refractivity contribution in [3.63, 3.8) is 0 Å². The first-order valence-corrected chi connectivity index (χ1v) is 8.96. The molecule has 0 radical (unpaired) electrons. The summed E-state index contributed by atoms with van der Waals surface area (Å²) in [5, 5.41) is 6.70. The van der Waals surface area contributed by atoms with Crippen LogP contribution in [0.25, 0.3) is 10.9 Å². The van der Waals surface area contributed by atoms with Crippen LogP contribution in [0.15, 0.2) is 36.5 Å². The maximum absolute atomic E-state index is 11.8. The minimum absolute atomic E-state index is 0.106. The van der Waals surface area contributed by atoms with Crippen LogP contribution in [0, 0.1) is 0 Å². The van der Waals surface area contributed by atoms with E-state index in [4.69, 9.17) is 0 Å². The Morgan fingerprint density at radius 3 is 2.86 bits per heavy atom. The van der Waals surface area contributed by atoms with E-state index in [2.05, 4.69) is 15.6 Å². The molecule has 2 N–H and O–H groups in total. The lowest BCUT2D eigenvalue weighted by Crippen LogP contribution is -2.43. The van der Waals surface area contributed by atoms with E-state index in [1.54, 1.807) is 12.5 Å². The third-order valence-electron chi connectivity index (χ3n) is 3.26. The molecule has 1 aromatic heterocycles. The number of nitrogens with zero attached hydrogens (tertiary/aromatic N) is 1. The summed E-state index contributed by atoms with van der Waals surface area (Å²) in [6.07, 6.45) is 4.12. The fourth-order valence-corrected chi connectivity index (χ4v) is 3.14. The van der Waals surface area contributed by atoms with Crippen LogP contribution in [0.5, 0.6) is 0 Å². The molecule has 6 heteroatoms. The molecule has 1 aromatic carbocycles. The molecule has 0 saturated heterocycles. The molecule has 118 valence electrons. The third kappa shape index (κ3) is 4.80. The molecule has 2 atom stereocenters. The van der Waals surface area contributed by atoms with Crippen molar-refractivity contribution < 1.29 is 9.00 Å². The van der Waals surface area contributed by atoms with E-state index in [0.717, 1.165) is 22.9 Å². The SMILES string of the molecule is C[C@@H](C[S@](C)=O)NC(=O)NCCc1cccc2cccnc12. The van der Waals surface area contributed by atoms with Crippen LogP contribution in [-0.4, -0.2) is 39.8 Å². The summed E-state index contributed by atoms with van der Waals surface area (Å²) in [4.78, 5) is 16.1. The Balaban J connectivity index is 1.85. The van der Waals surface area contributed by atoms with Gasteiger partial charge in [-0.2, -0.15) is 0 Å². The highest BCUT2D eigenvalue weighted by atomic mass is 32.2. The first-order valence-electron chi connectivity index (χ1n) is 7.23. The average Bonchev–Trinajstić information content (AvgIpc) is 2.46. The fraction of sp³-hybridized carbons (Fsp3) is 0.375.